The van der Waals surface area contributed by atoms with Crippen LogP contribution in [-0.4, -0.2) is 21.2 Å². The molecular formula is C19H19NO3. The third kappa shape index (κ3) is 2.68. The summed E-state index contributed by atoms with van der Waals surface area (Å²) in [5.74, 6) is 0.712. The lowest BCUT2D eigenvalue weighted by molar-refractivity contribution is 0.415. The molecule has 4 nitrogen and oxygen atoms in total. The second kappa shape index (κ2) is 5.80. The maximum Gasteiger partial charge on any atom is 0.344 e. The first kappa shape index (κ1) is 15.2. The molecule has 0 atom stereocenters. The van der Waals surface area contributed by atoms with Gasteiger partial charge in [-0.15, -0.1) is 0 Å². The zero-order valence-corrected chi connectivity index (χ0v) is 13.7. The second-order valence-corrected chi connectivity index (χ2v) is 5.70. The summed E-state index contributed by atoms with van der Waals surface area (Å²) in [7, 11) is 5.52. The Kier molecular flexibility index (Phi) is 3.82. The summed E-state index contributed by atoms with van der Waals surface area (Å²) < 4.78 is 10.8. The van der Waals surface area contributed by atoms with E-state index in [0.29, 0.717) is 16.9 Å². The number of aryl methyl sites for hydroxylation is 1. The number of hydrogen-bond donors (Lipinski definition) is 0. The Morgan fingerprint density at radius 1 is 1.09 bits per heavy atom. The fraction of sp³-hybridized carbons (Fsp3) is 0.211. The smallest absolute Gasteiger partial charge is 0.344 e. The monoisotopic (exact) mass is 309 g/mol. The van der Waals surface area contributed by atoms with Gasteiger partial charge in [-0.05, 0) is 42.3 Å². The molecule has 0 aliphatic rings. The Hall–Kier alpha value is -2.75. The number of hydrogen-bond acceptors (Lipinski definition) is 4. The lowest BCUT2D eigenvalue weighted by Gasteiger charge is -2.14. The Labute approximate surface area is 134 Å². The highest BCUT2D eigenvalue weighted by Gasteiger charge is 2.14. The summed E-state index contributed by atoms with van der Waals surface area (Å²) in [6.45, 7) is 1.95. The molecule has 0 amide bonds. The molecule has 118 valence electrons. The number of anilines is 1. The summed E-state index contributed by atoms with van der Waals surface area (Å²) >= 11 is 0. The molecule has 0 aliphatic heterocycles. The molecule has 0 radical (unpaired) electrons. The average Bonchev–Trinajstić information content (AvgIpc) is 2.54. The lowest BCUT2D eigenvalue weighted by atomic mass is 9.99. The highest BCUT2D eigenvalue weighted by atomic mass is 16.5. The van der Waals surface area contributed by atoms with Gasteiger partial charge in [-0.1, -0.05) is 12.1 Å². The number of methoxy groups -OCH3 is 1. The van der Waals surface area contributed by atoms with Crippen LogP contribution in [0.4, 0.5) is 5.69 Å². The standard InChI is InChI=1S/C19H19NO3/c1-12-16-9-8-14(20(2)3)11-17(16)23-19(21)18(12)13-6-5-7-15(10-13)22-4/h5-11H,1-4H3. The minimum Gasteiger partial charge on any atom is -0.497 e. The third-order valence-corrected chi connectivity index (χ3v) is 4.03. The van der Waals surface area contributed by atoms with Gasteiger partial charge in [0.1, 0.15) is 11.3 Å². The summed E-state index contributed by atoms with van der Waals surface area (Å²) in [6.07, 6.45) is 0. The van der Waals surface area contributed by atoms with Crippen LogP contribution in [0.1, 0.15) is 5.56 Å². The average molecular weight is 309 g/mol. The van der Waals surface area contributed by atoms with Gasteiger partial charge >= 0.3 is 5.63 Å². The van der Waals surface area contributed by atoms with Crippen LogP contribution in [0.5, 0.6) is 5.75 Å². The van der Waals surface area contributed by atoms with E-state index < -0.39 is 0 Å². The Morgan fingerprint density at radius 3 is 2.57 bits per heavy atom. The maximum atomic E-state index is 12.5. The first-order valence-corrected chi connectivity index (χ1v) is 7.40. The molecule has 0 unspecified atom stereocenters. The van der Waals surface area contributed by atoms with Crippen LogP contribution in [0.25, 0.3) is 22.1 Å². The van der Waals surface area contributed by atoms with Gasteiger partial charge in [0.15, 0.2) is 0 Å². The Morgan fingerprint density at radius 2 is 1.87 bits per heavy atom. The molecule has 0 aliphatic carbocycles. The van der Waals surface area contributed by atoms with Crippen molar-refractivity contribution in [2.45, 2.75) is 6.92 Å². The molecule has 3 rings (SSSR count). The second-order valence-electron chi connectivity index (χ2n) is 5.70. The van der Waals surface area contributed by atoms with Gasteiger partial charge in [-0.2, -0.15) is 0 Å². The zero-order chi connectivity index (χ0) is 16.6. The van der Waals surface area contributed by atoms with Crippen molar-refractivity contribution in [3.8, 4) is 16.9 Å². The number of rotatable bonds is 3. The highest BCUT2D eigenvalue weighted by molar-refractivity contribution is 5.88. The molecule has 1 heterocycles. The van der Waals surface area contributed by atoms with Crippen LogP contribution < -0.4 is 15.3 Å². The van der Waals surface area contributed by atoms with Crippen LogP contribution in [0.3, 0.4) is 0 Å². The van der Waals surface area contributed by atoms with E-state index in [2.05, 4.69) is 0 Å². The summed E-state index contributed by atoms with van der Waals surface area (Å²) in [6, 6.07) is 13.4. The van der Waals surface area contributed by atoms with E-state index in [1.165, 1.54) is 0 Å². The van der Waals surface area contributed by atoms with Crippen molar-refractivity contribution in [3.05, 3.63) is 58.4 Å². The van der Waals surface area contributed by atoms with E-state index in [4.69, 9.17) is 9.15 Å². The summed E-state index contributed by atoms with van der Waals surface area (Å²) in [5.41, 5.74) is 3.55. The highest BCUT2D eigenvalue weighted by Crippen LogP contribution is 2.30. The van der Waals surface area contributed by atoms with Gasteiger partial charge in [-0.25, -0.2) is 4.79 Å². The topological polar surface area (TPSA) is 42.7 Å². The number of ether oxygens (including phenoxy) is 1. The van der Waals surface area contributed by atoms with Crippen LogP contribution in [0, 0.1) is 6.92 Å². The van der Waals surface area contributed by atoms with Crippen LogP contribution >= 0.6 is 0 Å². The first-order valence-electron chi connectivity index (χ1n) is 7.40. The molecule has 0 saturated carbocycles. The van der Waals surface area contributed by atoms with Gasteiger partial charge in [0, 0.05) is 31.2 Å². The van der Waals surface area contributed by atoms with Crippen LogP contribution in [-0.2, 0) is 0 Å². The summed E-state index contributed by atoms with van der Waals surface area (Å²) in [5, 5.41) is 0.938. The molecule has 4 heteroatoms. The van der Waals surface area contributed by atoms with E-state index in [0.717, 1.165) is 22.2 Å². The maximum absolute atomic E-state index is 12.5. The van der Waals surface area contributed by atoms with E-state index in [-0.39, 0.29) is 5.63 Å². The van der Waals surface area contributed by atoms with E-state index in [1.807, 2.05) is 68.4 Å². The predicted molar refractivity (Wildman–Crippen MR) is 93.5 cm³/mol. The van der Waals surface area contributed by atoms with Crippen LogP contribution in [0.15, 0.2) is 51.7 Å². The van der Waals surface area contributed by atoms with Crippen molar-refractivity contribution < 1.29 is 9.15 Å². The van der Waals surface area contributed by atoms with Gasteiger partial charge in [0.2, 0.25) is 0 Å². The quantitative estimate of drug-likeness (QED) is 0.689. The SMILES string of the molecule is COc1cccc(-c2c(C)c3ccc(N(C)C)cc3oc2=O)c1. The number of nitrogens with zero attached hydrogens (tertiary/aromatic N) is 1. The fourth-order valence-electron chi connectivity index (χ4n) is 2.74. The normalized spacial score (nSPS) is 10.8. The molecule has 0 fully saturated rings. The molecule has 0 spiro atoms. The predicted octanol–water partition coefficient (Wildman–Crippen LogP) is 3.84. The van der Waals surface area contributed by atoms with Crippen molar-refractivity contribution in [2.75, 3.05) is 26.1 Å². The van der Waals surface area contributed by atoms with E-state index >= 15 is 0 Å². The Bertz CT molecular complexity index is 926. The molecule has 0 saturated heterocycles. The largest absolute Gasteiger partial charge is 0.497 e. The van der Waals surface area contributed by atoms with Gasteiger partial charge in [0.25, 0.3) is 0 Å². The Balaban J connectivity index is 2.26. The van der Waals surface area contributed by atoms with Gasteiger partial charge in [-0.3, -0.25) is 0 Å². The number of benzene rings is 2. The van der Waals surface area contributed by atoms with E-state index in [9.17, 15) is 4.79 Å². The van der Waals surface area contributed by atoms with Crippen molar-refractivity contribution in [2.24, 2.45) is 0 Å². The van der Waals surface area contributed by atoms with Crippen LogP contribution in [0.2, 0.25) is 0 Å². The first-order chi connectivity index (χ1) is 11.0. The van der Waals surface area contributed by atoms with E-state index in [1.54, 1.807) is 7.11 Å². The molecular weight excluding hydrogens is 290 g/mol. The van der Waals surface area contributed by atoms with Crippen molar-refractivity contribution >= 4 is 16.7 Å². The van der Waals surface area contributed by atoms with Gasteiger partial charge in [0.05, 0.1) is 12.7 Å². The molecule has 3 aromatic rings. The number of fused-ring (bicyclic) bond motifs is 1. The van der Waals surface area contributed by atoms with Crippen molar-refractivity contribution in [1.29, 1.82) is 0 Å². The molecule has 1 aromatic heterocycles. The zero-order valence-electron chi connectivity index (χ0n) is 13.7. The minimum atomic E-state index is -0.334. The third-order valence-electron chi connectivity index (χ3n) is 4.03. The minimum absolute atomic E-state index is 0.334. The fourth-order valence-corrected chi connectivity index (χ4v) is 2.74. The van der Waals surface area contributed by atoms with Crippen molar-refractivity contribution in [3.63, 3.8) is 0 Å². The molecule has 0 bridgehead atoms. The summed E-state index contributed by atoms with van der Waals surface area (Å²) in [4.78, 5) is 14.5. The molecule has 23 heavy (non-hydrogen) atoms. The lowest BCUT2D eigenvalue weighted by Crippen LogP contribution is -2.09. The molecule has 2 aromatic carbocycles. The van der Waals surface area contributed by atoms with Crippen molar-refractivity contribution in [1.82, 2.24) is 0 Å². The van der Waals surface area contributed by atoms with Gasteiger partial charge < -0.3 is 14.1 Å². The molecule has 0 N–H and O–H groups in total.